The number of hydrogen-bond donors (Lipinski definition) is 1. The quantitative estimate of drug-likeness (QED) is 0.454. The fourth-order valence-electron chi connectivity index (χ4n) is 4.04. The molecule has 1 N–H and O–H groups in total. The van der Waals surface area contributed by atoms with Crippen molar-refractivity contribution in [3.05, 3.63) is 69.5 Å². The molecule has 0 spiro atoms. The van der Waals surface area contributed by atoms with E-state index < -0.39 is 5.63 Å². The molecule has 0 aliphatic heterocycles. The van der Waals surface area contributed by atoms with Crippen LogP contribution < -0.4 is 5.63 Å². The Bertz CT molecular complexity index is 1370. The Morgan fingerprint density at radius 2 is 1.81 bits per heavy atom. The van der Waals surface area contributed by atoms with Gasteiger partial charge in [0.15, 0.2) is 0 Å². The Hall–Kier alpha value is -3.45. The Morgan fingerprint density at radius 3 is 2.50 bits per heavy atom. The van der Waals surface area contributed by atoms with Crippen molar-refractivity contribution < 1.29 is 23.1 Å². The van der Waals surface area contributed by atoms with Gasteiger partial charge in [0.25, 0.3) is 0 Å². The number of nitrogens with zero attached hydrogens (tertiary/aromatic N) is 1. The van der Waals surface area contributed by atoms with Gasteiger partial charge in [-0.3, -0.25) is 4.79 Å². The number of amides is 1. The van der Waals surface area contributed by atoms with Crippen molar-refractivity contribution in [2.75, 3.05) is 20.2 Å². The molecule has 0 bridgehead atoms. The fourth-order valence-corrected chi connectivity index (χ4v) is 4.04. The zero-order valence-electron chi connectivity index (χ0n) is 18.2. The van der Waals surface area contributed by atoms with E-state index in [0.29, 0.717) is 22.3 Å². The lowest BCUT2D eigenvalue weighted by atomic mass is 9.96. The number of furan rings is 1. The van der Waals surface area contributed by atoms with E-state index in [1.807, 2.05) is 19.9 Å². The third-order valence-corrected chi connectivity index (χ3v) is 5.95. The molecule has 7 heteroatoms. The Balaban J connectivity index is 1.81. The van der Waals surface area contributed by atoms with Crippen LogP contribution in [0.1, 0.15) is 23.1 Å². The van der Waals surface area contributed by atoms with Crippen LogP contribution in [0.15, 0.2) is 50.2 Å². The van der Waals surface area contributed by atoms with Crippen LogP contribution in [0.2, 0.25) is 0 Å². The highest BCUT2D eigenvalue weighted by atomic mass is 19.1. The molecule has 2 aromatic carbocycles. The van der Waals surface area contributed by atoms with Crippen molar-refractivity contribution in [3.63, 3.8) is 0 Å². The molecule has 0 fully saturated rings. The maximum Gasteiger partial charge on any atom is 0.339 e. The van der Waals surface area contributed by atoms with Gasteiger partial charge in [0, 0.05) is 47.5 Å². The number of carbonyl (C=O) groups excluding carboxylic acids is 1. The molecular weight excluding hydrogens is 413 g/mol. The van der Waals surface area contributed by atoms with Crippen molar-refractivity contribution in [2.24, 2.45) is 0 Å². The molecule has 4 rings (SSSR count). The predicted octanol–water partition coefficient (Wildman–Crippen LogP) is 4.35. The first-order valence-corrected chi connectivity index (χ1v) is 10.4. The number of benzene rings is 2. The van der Waals surface area contributed by atoms with Crippen LogP contribution in [-0.4, -0.2) is 36.1 Å². The summed E-state index contributed by atoms with van der Waals surface area (Å²) in [5, 5.41) is 10.6. The molecule has 2 aromatic heterocycles. The lowest BCUT2D eigenvalue weighted by molar-refractivity contribution is -0.130. The monoisotopic (exact) mass is 437 g/mol. The zero-order valence-corrected chi connectivity index (χ0v) is 18.2. The number of halogens is 1. The molecule has 166 valence electrons. The van der Waals surface area contributed by atoms with Gasteiger partial charge in [-0.25, -0.2) is 9.18 Å². The molecule has 0 aliphatic rings. The number of aliphatic hydroxyl groups excluding tert-OH is 1. The van der Waals surface area contributed by atoms with Crippen LogP contribution in [0.5, 0.6) is 0 Å². The normalized spacial score (nSPS) is 11.4. The first-order valence-electron chi connectivity index (χ1n) is 10.4. The summed E-state index contributed by atoms with van der Waals surface area (Å²) in [5.74, 6) is -0.470. The molecule has 0 atom stereocenters. The van der Waals surface area contributed by atoms with E-state index in [0.717, 1.165) is 27.5 Å². The van der Waals surface area contributed by atoms with Crippen molar-refractivity contribution >= 4 is 27.8 Å². The second kappa shape index (κ2) is 8.59. The van der Waals surface area contributed by atoms with E-state index in [9.17, 15) is 14.0 Å². The molecule has 2 heterocycles. The number of rotatable bonds is 6. The molecule has 0 unspecified atom stereocenters. The van der Waals surface area contributed by atoms with Crippen molar-refractivity contribution in [1.29, 1.82) is 0 Å². The lowest BCUT2D eigenvalue weighted by Crippen LogP contribution is -2.30. The minimum Gasteiger partial charge on any atom is -0.463 e. The zero-order chi connectivity index (χ0) is 23.0. The van der Waals surface area contributed by atoms with Gasteiger partial charge in [-0.1, -0.05) is 12.1 Å². The topological polar surface area (TPSA) is 83.9 Å². The largest absolute Gasteiger partial charge is 0.463 e. The average Bonchev–Trinajstić information content (AvgIpc) is 3.19. The van der Waals surface area contributed by atoms with Crippen LogP contribution >= 0.6 is 0 Å². The maximum atomic E-state index is 13.4. The summed E-state index contributed by atoms with van der Waals surface area (Å²) < 4.78 is 24.8. The second-order valence-electron chi connectivity index (χ2n) is 7.94. The summed E-state index contributed by atoms with van der Waals surface area (Å²) in [6.07, 6.45) is 2.00. The molecule has 0 saturated carbocycles. The first kappa shape index (κ1) is 21.8. The molecule has 0 saturated heterocycles. The molecule has 0 radical (unpaired) electrons. The van der Waals surface area contributed by atoms with E-state index in [1.165, 1.54) is 17.0 Å². The Labute approximate surface area is 183 Å². The molecular formula is C25H24FNO5. The van der Waals surface area contributed by atoms with Crippen molar-refractivity contribution in [3.8, 4) is 11.1 Å². The summed E-state index contributed by atoms with van der Waals surface area (Å²) >= 11 is 0. The van der Waals surface area contributed by atoms with E-state index >= 15 is 0 Å². The lowest BCUT2D eigenvalue weighted by Gasteiger charge is -2.16. The van der Waals surface area contributed by atoms with Gasteiger partial charge in [0.1, 0.15) is 17.0 Å². The SMILES string of the molecule is Cc1c(CCC(=O)N(C)CCO)c(=O)oc2c(C)c3occ(-c4ccc(F)cc4)c3cc12. The molecule has 4 aromatic rings. The summed E-state index contributed by atoms with van der Waals surface area (Å²) in [7, 11) is 1.62. The third kappa shape index (κ3) is 3.80. The van der Waals surface area contributed by atoms with Crippen LogP contribution in [0, 0.1) is 19.7 Å². The third-order valence-electron chi connectivity index (χ3n) is 5.95. The van der Waals surface area contributed by atoms with Gasteiger partial charge < -0.3 is 18.8 Å². The highest BCUT2D eigenvalue weighted by molar-refractivity contribution is 6.04. The minimum absolute atomic E-state index is 0.115. The maximum absolute atomic E-state index is 13.4. The fraction of sp³-hybridized carbons (Fsp3) is 0.280. The van der Waals surface area contributed by atoms with Crippen molar-refractivity contribution in [1.82, 2.24) is 4.90 Å². The summed E-state index contributed by atoms with van der Waals surface area (Å²) in [5.41, 5.74) is 4.13. The summed E-state index contributed by atoms with van der Waals surface area (Å²) in [6.45, 7) is 3.81. The van der Waals surface area contributed by atoms with E-state index in [-0.39, 0.29) is 37.7 Å². The number of hydrogen-bond acceptors (Lipinski definition) is 5. The van der Waals surface area contributed by atoms with Gasteiger partial charge in [-0.2, -0.15) is 0 Å². The predicted molar refractivity (Wildman–Crippen MR) is 120 cm³/mol. The molecule has 1 amide bonds. The second-order valence-corrected chi connectivity index (χ2v) is 7.94. The van der Waals surface area contributed by atoms with Crippen molar-refractivity contribution in [2.45, 2.75) is 26.7 Å². The van der Waals surface area contributed by atoms with E-state index in [2.05, 4.69) is 0 Å². The summed E-state index contributed by atoms with van der Waals surface area (Å²) in [6, 6.07) is 8.10. The summed E-state index contributed by atoms with van der Waals surface area (Å²) in [4.78, 5) is 26.4. The Morgan fingerprint density at radius 1 is 1.09 bits per heavy atom. The average molecular weight is 437 g/mol. The molecule has 32 heavy (non-hydrogen) atoms. The van der Waals surface area contributed by atoms with Gasteiger partial charge in [-0.05, 0) is 49.6 Å². The van der Waals surface area contributed by atoms with Crippen LogP contribution in [0.4, 0.5) is 4.39 Å². The molecule has 6 nitrogen and oxygen atoms in total. The van der Waals surface area contributed by atoms with Crippen LogP contribution in [0.25, 0.3) is 33.1 Å². The Kier molecular flexibility index (Phi) is 5.84. The number of aryl methyl sites for hydroxylation is 2. The number of carbonyl (C=O) groups is 1. The van der Waals surface area contributed by atoms with Crippen LogP contribution in [0.3, 0.4) is 0 Å². The number of likely N-dealkylation sites (N-methyl/N-ethyl adjacent to an activating group) is 1. The van der Waals surface area contributed by atoms with Crippen LogP contribution in [-0.2, 0) is 11.2 Å². The van der Waals surface area contributed by atoms with Gasteiger partial charge in [0.2, 0.25) is 5.91 Å². The minimum atomic E-state index is -0.472. The smallest absolute Gasteiger partial charge is 0.339 e. The molecule has 0 aliphatic carbocycles. The highest BCUT2D eigenvalue weighted by Crippen LogP contribution is 2.37. The standard InChI is InChI=1S/C25H24FNO5/c1-14-18(8-9-22(29)27(3)10-11-28)25(30)32-24-15(2)23-20(12-19(14)24)21(13-31-23)16-4-6-17(26)7-5-16/h4-7,12-13,28H,8-11H2,1-3H3. The van der Waals surface area contributed by atoms with E-state index in [1.54, 1.807) is 25.4 Å². The van der Waals surface area contributed by atoms with Gasteiger partial charge >= 0.3 is 5.63 Å². The highest BCUT2D eigenvalue weighted by Gasteiger charge is 2.20. The van der Waals surface area contributed by atoms with Gasteiger partial charge in [0.05, 0.1) is 12.9 Å². The first-order chi connectivity index (χ1) is 15.3. The number of aliphatic hydroxyl groups is 1. The van der Waals surface area contributed by atoms with Gasteiger partial charge in [-0.15, -0.1) is 0 Å². The van der Waals surface area contributed by atoms with E-state index in [4.69, 9.17) is 13.9 Å². The number of fused-ring (bicyclic) bond motifs is 2.